The van der Waals surface area contributed by atoms with Gasteiger partial charge in [-0.25, -0.2) is 4.39 Å². The van der Waals surface area contributed by atoms with Crippen LogP contribution in [0, 0.1) is 11.7 Å². The van der Waals surface area contributed by atoms with Crippen LogP contribution in [-0.4, -0.2) is 31.2 Å². The molecule has 1 fully saturated rings. The maximum atomic E-state index is 14.5. The summed E-state index contributed by atoms with van der Waals surface area (Å²) in [4.78, 5) is 0.538. The fourth-order valence-electron chi connectivity index (χ4n) is 2.22. The van der Waals surface area contributed by atoms with E-state index in [1.54, 1.807) is 12.1 Å². The van der Waals surface area contributed by atoms with Crippen molar-refractivity contribution in [2.75, 3.05) is 12.9 Å². The highest BCUT2D eigenvalue weighted by Crippen LogP contribution is 2.37. The Balaban J connectivity index is 2.34. The molecular formula is C17H26BFO3S. The molecular weight excluding hydrogens is 314 g/mol. The molecule has 0 atom stereocenters. The van der Waals surface area contributed by atoms with E-state index in [1.807, 2.05) is 47.8 Å². The van der Waals surface area contributed by atoms with Crippen molar-refractivity contribution in [3.63, 3.8) is 0 Å². The second-order valence-electron chi connectivity index (χ2n) is 7.33. The molecule has 2 rings (SSSR count). The molecule has 0 radical (unpaired) electrons. The molecule has 0 unspecified atom stereocenters. The van der Waals surface area contributed by atoms with Crippen LogP contribution in [0.5, 0.6) is 5.75 Å². The highest BCUT2D eigenvalue weighted by molar-refractivity contribution is 7.98. The Morgan fingerprint density at radius 1 is 1.17 bits per heavy atom. The summed E-state index contributed by atoms with van der Waals surface area (Å²) in [6.45, 7) is 12.5. The first kappa shape index (κ1) is 18.6. The van der Waals surface area contributed by atoms with E-state index in [0.717, 1.165) is 5.46 Å². The number of thioether (sulfide) groups is 1. The van der Waals surface area contributed by atoms with E-state index >= 15 is 0 Å². The molecule has 1 aromatic carbocycles. The second kappa shape index (κ2) is 6.65. The van der Waals surface area contributed by atoms with Crippen LogP contribution in [0.1, 0.15) is 41.5 Å². The molecule has 128 valence electrons. The van der Waals surface area contributed by atoms with E-state index < -0.39 is 18.3 Å². The first-order valence-electron chi connectivity index (χ1n) is 7.93. The second-order valence-corrected chi connectivity index (χ2v) is 8.18. The van der Waals surface area contributed by atoms with Gasteiger partial charge in [0, 0.05) is 4.90 Å². The van der Waals surface area contributed by atoms with Crippen molar-refractivity contribution in [1.29, 1.82) is 0 Å². The molecule has 1 aliphatic rings. The van der Waals surface area contributed by atoms with Gasteiger partial charge in [-0.3, -0.25) is 0 Å². The third kappa shape index (κ3) is 3.86. The standard InChI is InChI=1S/C17H26BFO3S/c1-11(2)10-20-13-8-12(9-14(23-7)15(13)19)18-21-16(3,4)17(5,6)22-18/h8-9,11H,10H2,1-7H3. The van der Waals surface area contributed by atoms with Crippen LogP contribution in [0.25, 0.3) is 0 Å². The maximum absolute atomic E-state index is 14.5. The van der Waals surface area contributed by atoms with Crippen molar-refractivity contribution < 1.29 is 18.4 Å². The molecule has 0 saturated carbocycles. The predicted molar refractivity (Wildman–Crippen MR) is 94.2 cm³/mol. The van der Waals surface area contributed by atoms with Gasteiger partial charge < -0.3 is 14.0 Å². The van der Waals surface area contributed by atoms with Gasteiger partial charge in [-0.15, -0.1) is 11.8 Å². The maximum Gasteiger partial charge on any atom is 0.495 e. The van der Waals surface area contributed by atoms with Gasteiger partial charge in [-0.1, -0.05) is 13.8 Å². The summed E-state index contributed by atoms with van der Waals surface area (Å²) in [7, 11) is -0.520. The van der Waals surface area contributed by atoms with Crippen LogP contribution in [0.4, 0.5) is 4.39 Å². The molecule has 6 heteroatoms. The summed E-state index contributed by atoms with van der Waals surface area (Å²) < 4.78 is 32.2. The zero-order chi connectivity index (χ0) is 17.4. The number of halogens is 1. The summed E-state index contributed by atoms with van der Waals surface area (Å²) in [5, 5.41) is 0. The Labute approximate surface area is 143 Å². The van der Waals surface area contributed by atoms with Crippen LogP contribution in [0.15, 0.2) is 17.0 Å². The number of rotatable bonds is 5. The van der Waals surface area contributed by atoms with Crippen LogP contribution in [0.3, 0.4) is 0 Å². The number of hydrogen-bond donors (Lipinski definition) is 0. The molecule has 0 bridgehead atoms. The minimum Gasteiger partial charge on any atom is -0.490 e. The molecule has 0 amide bonds. The number of hydrogen-bond acceptors (Lipinski definition) is 4. The molecule has 1 heterocycles. The van der Waals surface area contributed by atoms with Gasteiger partial charge in [0.15, 0.2) is 11.6 Å². The SMILES string of the molecule is CSc1cc(B2OC(C)(C)C(C)(C)O2)cc(OCC(C)C)c1F. The minimum absolute atomic E-state index is 0.260. The van der Waals surface area contributed by atoms with Crippen molar-refractivity contribution in [3.8, 4) is 5.75 Å². The number of ether oxygens (including phenoxy) is 1. The van der Waals surface area contributed by atoms with E-state index in [1.165, 1.54) is 11.8 Å². The van der Waals surface area contributed by atoms with E-state index in [4.69, 9.17) is 14.0 Å². The molecule has 0 spiro atoms. The van der Waals surface area contributed by atoms with E-state index in [0.29, 0.717) is 17.4 Å². The summed E-state index contributed by atoms with van der Waals surface area (Å²) in [5.41, 5.74) is -0.0668. The molecule has 23 heavy (non-hydrogen) atoms. The lowest BCUT2D eigenvalue weighted by molar-refractivity contribution is 0.00578. The van der Waals surface area contributed by atoms with E-state index in [9.17, 15) is 4.39 Å². The summed E-state index contributed by atoms with van der Waals surface area (Å²) in [5.74, 6) is 0.265. The Bertz CT molecular complexity index is 559. The summed E-state index contributed by atoms with van der Waals surface area (Å²) in [6, 6.07) is 3.48. The molecule has 3 nitrogen and oxygen atoms in total. The van der Waals surface area contributed by atoms with Gasteiger partial charge in [0.25, 0.3) is 0 Å². The lowest BCUT2D eigenvalue weighted by atomic mass is 9.79. The molecule has 0 N–H and O–H groups in total. The van der Waals surface area contributed by atoms with Crippen molar-refractivity contribution in [2.24, 2.45) is 5.92 Å². The summed E-state index contributed by atoms with van der Waals surface area (Å²) >= 11 is 1.35. The van der Waals surface area contributed by atoms with Gasteiger partial charge in [0.1, 0.15) is 0 Å². The van der Waals surface area contributed by atoms with Crippen molar-refractivity contribution in [2.45, 2.75) is 57.6 Å². The van der Waals surface area contributed by atoms with Crippen LogP contribution < -0.4 is 10.2 Å². The lowest BCUT2D eigenvalue weighted by Gasteiger charge is -2.32. The predicted octanol–water partition coefficient (Wildman–Crippen LogP) is 3.88. The Hall–Kier alpha value is -0.715. The highest BCUT2D eigenvalue weighted by Gasteiger charge is 2.52. The summed E-state index contributed by atoms with van der Waals surface area (Å²) in [6.07, 6.45) is 1.85. The third-order valence-electron chi connectivity index (χ3n) is 4.35. The van der Waals surface area contributed by atoms with Crippen molar-refractivity contribution >= 4 is 24.3 Å². The Morgan fingerprint density at radius 3 is 2.22 bits per heavy atom. The van der Waals surface area contributed by atoms with Crippen molar-refractivity contribution in [3.05, 3.63) is 17.9 Å². The normalized spacial score (nSPS) is 19.4. The minimum atomic E-state index is -0.520. The van der Waals surface area contributed by atoms with Crippen LogP contribution >= 0.6 is 11.8 Å². The monoisotopic (exact) mass is 340 g/mol. The highest BCUT2D eigenvalue weighted by atomic mass is 32.2. The largest absolute Gasteiger partial charge is 0.495 e. The fourth-order valence-corrected chi connectivity index (χ4v) is 2.75. The Kier molecular flexibility index (Phi) is 5.39. The quantitative estimate of drug-likeness (QED) is 0.601. The van der Waals surface area contributed by atoms with Crippen LogP contribution in [-0.2, 0) is 9.31 Å². The van der Waals surface area contributed by atoms with E-state index in [-0.39, 0.29) is 11.6 Å². The average Bonchev–Trinajstić information content (AvgIpc) is 2.66. The molecule has 1 aliphatic heterocycles. The molecule has 0 aromatic heterocycles. The van der Waals surface area contributed by atoms with Crippen LogP contribution in [0.2, 0.25) is 0 Å². The molecule has 1 aromatic rings. The lowest BCUT2D eigenvalue weighted by Crippen LogP contribution is -2.41. The average molecular weight is 340 g/mol. The smallest absolute Gasteiger partial charge is 0.490 e. The first-order valence-corrected chi connectivity index (χ1v) is 9.15. The molecule has 1 saturated heterocycles. The number of benzene rings is 1. The van der Waals surface area contributed by atoms with Crippen molar-refractivity contribution in [1.82, 2.24) is 0 Å². The van der Waals surface area contributed by atoms with Gasteiger partial charge in [0.2, 0.25) is 0 Å². The van der Waals surface area contributed by atoms with Gasteiger partial charge in [0.05, 0.1) is 17.8 Å². The fraction of sp³-hybridized carbons (Fsp3) is 0.647. The first-order chi connectivity index (χ1) is 10.6. The van der Waals surface area contributed by atoms with Gasteiger partial charge in [-0.05, 0) is 57.5 Å². The van der Waals surface area contributed by atoms with Gasteiger partial charge >= 0.3 is 7.12 Å². The Morgan fingerprint density at radius 2 is 1.74 bits per heavy atom. The molecule has 0 aliphatic carbocycles. The van der Waals surface area contributed by atoms with Gasteiger partial charge in [-0.2, -0.15) is 0 Å². The topological polar surface area (TPSA) is 27.7 Å². The van der Waals surface area contributed by atoms with E-state index in [2.05, 4.69) is 0 Å². The zero-order valence-corrected chi connectivity index (χ0v) is 15.8. The zero-order valence-electron chi connectivity index (χ0n) is 15.0. The third-order valence-corrected chi connectivity index (χ3v) is 5.08.